The van der Waals surface area contributed by atoms with E-state index in [2.05, 4.69) is 42.6 Å². The van der Waals surface area contributed by atoms with Gasteiger partial charge in [0, 0.05) is 25.2 Å². The Morgan fingerprint density at radius 3 is 2.66 bits per heavy atom. The number of aromatic nitrogens is 6. The van der Waals surface area contributed by atoms with Crippen molar-refractivity contribution in [2.45, 2.75) is 37.9 Å². The molecular formula is C23H28F2N10O3. The van der Waals surface area contributed by atoms with Gasteiger partial charge in [-0.25, -0.2) is 9.67 Å². The number of nitrogens with zero attached hydrogens (tertiary/aromatic N) is 7. The molecule has 1 aliphatic heterocycles. The number of imidazole rings is 1. The van der Waals surface area contributed by atoms with E-state index in [0.29, 0.717) is 59.6 Å². The minimum Gasteiger partial charge on any atom is -0.378 e. The summed E-state index contributed by atoms with van der Waals surface area (Å²) in [5.41, 5.74) is 1.11. The topological polar surface area (TPSA) is 144 Å². The molecule has 4 heterocycles. The molecule has 2 atom stereocenters. The number of anilines is 2. The lowest BCUT2D eigenvalue weighted by molar-refractivity contribution is -0.121. The van der Waals surface area contributed by atoms with Crippen molar-refractivity contribution in [3.63, 3.8) is 0 Å². The maximum absolute atomic E-state index is 13.1. The molecular weight excluding hydrogens is 502 g/mol. The van der Waals surface area contributed by atoms with E-state index < -0.39 is 6.55 Å². The van der Waals surface area contributed by atoms with Gasteiger partial charge in [-0.2, -0.15) is 23.8 Å². The van der Waals surface area contributed by atoms with Crippen LogP contribution in [-0.2, 0) is 14.3 Å². The van der Waals surface area contributed by atoms with E-state index in [9.17, 15) is 18.4 Å². The predicted octanol–water partition coefficient (Wildman–Crippen LogP) is 0.995. The lowest BCUT2D eigenvalue weighted by Crippen LogP contribution is -2.49. The normalized spacial score (nSPS) is 19.6. The molecule has 1 saturated heterocycles. The summed E-state index contributed by atoms with van der Waals surface area (Å²) in [5.74, 6) is 0.180. The molecule has 5 rings (SSSR count). The highest BCUT2D eigenvalue weighted by Crippen LogP contribution is 2.26. The van der Waals surface area contributed by atoms with Gasteiger partial charge in [0.05, 0.1) is 37.8 Å². The van der Waals surface area contributed by atoms with Crippen LogP contribution in [-0.4, -0.2) is 86.0 Å². The lowest BCUT2D eigenvalue weighted by atomic mass is 10.1. The highest BCUT2D eigenvalue weighted by molar-refractivity contribution is 5.89. The number of rotatable bonds is 9. The van der Waals surface area contributed by atoms with Gasteiger partial charge in [0.25, 0.3) is 0 Å². The Morgan fingerprint density at radius 1 is 1.18 bits per heavy atom. The summed E-state index contributed by atoms with van der Waals surface area (Å²) in [6.07, 6.45) is 7.57. The van der Waals surface area contributed by atoms with Gasteiger partial charge in [0.15, 0.2) is 17.0 Å². The quantitative estimate of drug-likeness (QED) is 0.345. The molecule has 0 unspecified atom stereocenters. The number of hydrogen-bond donors (Lipinski definition) is 3. The van der Waals surface area contributed by atoms with E-state index in [1.165, 1.54) is 24.8 Å². The van der Waals surface area contributed by atoms with Crippen LogP contribution < -0.4 is 20.9 Å². The Kier molecular flexibility index (Phi) is 7.44. The number of nitrogens with one attached hydrogen (secondary N) is 3. The molecule has 2 fully saturated rings. The van der Waals surface area contributed by atoms with Crippen LogP contribution >= 0.6 is 0 Å². The third kappa shape index (κ3) is 5.41. The summed E-state index contributed by atoms with van der Waals surface area (Å²) in [7, 11) is 0. The Bertz CT molecular complexity index is 1320. The fraction of sp³-hybridized carbons (Fsp3) is 0.478. The summed E-state index contributed by atoms with van der Waals surface area (Å²) in [6.45, 7) is 2.76. The van der Waals surface area contributed by atoms with Crippen LogP contribution in [0.15, 0.2) is 31.4 Å². The molecule has 0 radical (unpaired) electrons. The summed E-state index contributed by atoms with van der Waals surface area (Å²) >= 11 is 0. The first-order valence-corrected chi connectivity index (χ1v) is 12.3. The summed E-state index contributed by atoms with van der Waals surface area (Å²) < 4.78 is 33.7. The Hall–Kier alpha value is -4.14. The average Bonchev–Trinajstić information content (AvgIpc) is 3.68. The zero-order valence-corrected chi connectivity index (χ0v) is 20.5. The monoisotopic (exact) mass is 530 g/mol. The molecule has 38 heavy (non-hydrogen) atoms. The van der Waals surface area contributed by atoms with Crippen molar-refractivity contribution >= 4 is 34.7 Å². The van der Waals surface area contributed by atoms with Crippen molar-refractivity contribution in [1.29, 1.82) is 0 Å². The van der Waals surface area contributed by atoms with Crippen molar-refractivity contribution in [3.8, 4) is 5.69 Å². The molecule has 2 amide bonds. The second-order valence-electron chi connectivity index (χ2n) is 8.99. The third-order valence-electron chi connectivity index (χ3n) is 6.54. The van der Waals surface area contributed by atoms with E-state index in [4.69, 9.17) is 4.74 Å². The highest BCUT2D eigenvalue weighted by atomic mass is 19.3. The van der Waals surface area contributed by atoms with Gasteiger partial charge in [0.2, 0.25) is 17.8 Å². The fourth-order valence-electron chi connectivity index (χ4n) is 4.63. The minimum absolute atomic E-state index is 0.0938. The summed E-state index contributed by atoms with van der Waals surface area (Å²) in [4.78, 5) is 40.1. The molecule has 202 valence electrons. The van der Waals surface area contributed by atoms with E-state index >= 15 is 0 Å². The van der Waals surface area contributed by atoms with Crippen LogP contribution in [0.5, 0.6) is 0 Å². The lowest BCUT2D eigenvalue weighted by Gasteiger charge is -2.27. The average molecular weight is 531 g/mol. The number of carbonyl (C=O) groups is 2. The standard InChI is InChI=1S/C23H28F2N10O3/c1-2-17(36)29-15-4-3-5-16(15)30-18(37)11-26-20-19-21(32-23(31-20)33-6-8-38-9-7-33)34(13-27-19)14-10-28-35(12-14)22(24)25/h2,10,12-13,15-16,22H,1,3-9,11H2,(H,29,36)(H,30,37)(H,26,31,32)/t15-,16-/m1/s1. The molecule has 2 aliphatic rings. The second-order valence-corrected chi connectivity index (χ2v) is 8.99. The van der Waals surface area contributed by atoms with Gasteiger partial charge >= 0.3 is 6.55 Å². The molecule has 13 nitrogen and oxygen atoms in total. The van der Waals surface area contributed by atoms with Gasteiger partial charge < -0.3 is 25.6 Å². The van der Waals surface area contributed by atoms with Gasteiger partial charge in [-0.05, 0) is 25.3 Å². The van der Waals surface area contributed by atoms with Crippen molar-refractivity contribution < 1.29 is 23.1 Å². The van der Waals surface area contributed by atoms with Gasteiger partial charge in [0.1, 0.15) is 6.33 Å². The number of alkyl halides is 2. The number of carbonyl (C=O) groups excluding carboxylic acids is 2. The van der Waals surface area contributed by atoms with E-state index in [1.807, 2.05) is 4.90 Å². The van der Waals surface area contributed by atoms with Crippen LogP contribution in [0.1, 0.15) is 25.8 Å². The molecule has 3 aromatic rings. The second kappa shape index (κ2) is 11.1. The maximum Gasteiger partial charge on any atom is 0.333 e. The highest BCUT2D eigenvalue weighted by Gasteiger charge is 2.29. The first kappa shape index (κ1) is 25.5. The van der Waals surface area contributed by atoms with Crippen LogP contribution in [0.2, 0.25) is 0 Å². The van der Waals surface area contributed by atoms with Crippen LogP contribution in [0.25, 0.3) is 16.9 Å². The van der Waals surface area contributed by atoms with Crippen molar-refractivity contribution in [2.75, 3.05) is 43.1 Å². The molecule has 0 aromatic carbocycles. The molecule has 1 saturated carbocycles. The molecule has 3 aromatic heterocycles. The van der Waals surface area contributed by atoms with Gasteiger partial charge in [-0.3, -0.25) is 14.2 Å². The first-order chi connectivity index (χ1) is 18.4. The number of morpholine rings is 1. The number of halogens is 2. The van der Waals surface area contributed by atoms with Crippen LogP contribution in [0.4, 0.5) is 20.5 Å². The summed E-state index contributed by atoms with van der Waals surface area (Å²) in [6, 6.07) is -0.346. The van der Waals surface area contributed by atoms with Crippen molar-refractivity contribution in [1.82, 2.24) is 39.9 Å². The molecule has 1 aliphatic carbocycles. The fourth-order valence-corrected chi connectivity index (χ4v) is 4.63. The SMILES string of the molecule is C=CC(=O)N[C@@H]1CCC[C@H]1NC(=O)CNc1nc(N2CCOCC2)nc2c1ncn2-c1cnn(C(F)F)c1. The number of hydrogen-bond acceptors (Lipinski definition) is 9. The largest absolute Gasteiger partial charge is 0.378 e. The third-order valence-corrected chi connectivity index (χ3v) is 6.54. The smallest absolute Gasteiger partial charge is 0.333 e. The number of amides is 2. The molecule has 0 bridgehead atoms. The number of ether oxygens (including phenoxy) is 1. The zero-order chi connectivity index (χ0) is 26.6. The van der Waals surface area contributed by atoms with Gasteiger partial charge in [-0.15, -0.1) is 0 Å². The van der Waals surface area contributed by atoms with E-state index in [-0.39, 0.29) is 30.4 Å². The van der Waals surface area contributed by atoms with Crippen LogP contribution in [0.3, 0.4) is 0 Å². The Labute approximate surface area is 216 Å². The van der Waals surface area contributed by atoms with E-state index in [0.717, 1.165) is 19.3 Å². The Balaban J connectivity index is 1.37. The number of fused-ring (bicyclic) bond motifs is 1. The van der Waals surface area contributed by atoms with E-state index in [1.54, 1.807) is 4.57 Å². The molecule has 0 spiro atoms. The van der Waals surface area contributed by atoms with Crippen molar-refractivity contribution in [3.05, 3.63) is 31.4 Å². The summed E-state index contributed by atoms with van der Waals surface area (Å²) in [5, 5.41) is 12.6. The Morgan fingerprint density at radius 2 is 1.95 bits per heavy atom. The molecule has 15 heteroatoms. The minimum atomic E-state index is -2.78. The molecule has 3 N–H and O–H groups in total. The predicted molar refractivity (Wildman–Crippen MR) is 133 cm³/mol. The zero-order valence-electron chi connectivity index (χ0n) is 20.5. The van der Waals surface area contributed by atoms with Gasteiger partial charge in [-0.1, -0.05) is 6.58 Å². The van der Waals surface area contributed by atoms with Crippen molar-refractivity contribution in [2.24, 2.45) is 0 Å². The first-order valence-electron chi connectivity index (χ1n) is 12.3. The van der Waals surface area contributed by atoms with Crippen LogP contribution in [0, 0.1) is 0 Å². The maximum atomic E-state index is 13.1.